The molecule has 26 heavy (non-hydrogen) atoms. The van der Waals surface area contributed by atoms with E-state index in [0.717, 1.165) is 11.4 Å². The van der Waals surface area contributed by atoms with Crippen LogP contribution in [-0.2, 0) is 0 Å². The van der Waals surface area contributed by atoms with Gasteiger partial charge in [-0.25, -0.2) is 4.68 Å². The number of hydrogen-bond acceptors (Lipinski definition) is 4. The molecular formula is C19H23ClN4O2. The minimum atomic E-state index is -0.173. The fourth-order valence-electron chi connectivity index (χ4n) is 2.44. The Labute approximate surface area is 159 Å². The van der Waals surface area contributed by atoms with E-state index in [9.17, 15) is 4.79 Å². The molecule has 3 aromatic rings. The first-order chi connectivity index (χ1) is 12.1. The number of aromatic nitrogens is 2. The van der Waals surface area contributed by atoms with Gasteiger partial charge in [-0.05, 0) is 45.2 Å². The van der Waals surface area contributed by atoms with Gasteiger partial charge in [-0.3, -0.25) is 4.79 Å². The number of carbonyl (C=O) groups excluding carboxylic acids is 1. The van der Waals surface area contributed by atoms with Crippen LogP contribution in [0.3, 0.4) is 0 Å². The fourth-order valence-corrected chi connectivity index (χ4v) is 2.44. The van der Waals surface area contributed by atoms with Crippen LogP contribution >= 0.6 is 12.4 Å². The van der Waals surface area contributed by atoms with Crippen molar-refractivity contribution < 1.29 is 9.21 Å². The summed E-state index contributed by atoms with van der Waals surface area (Å²) in [4.78, 5) is 12.7. The van der Waals surface area contributed by atoms with Crippen LogP contribution in [0.15, 0.2) is 53.1 Å². The molecule has 2 N–H and O–H groups in total. The number of benzene rings is 1. The Morgan fingerprint density at radius 1 is 1.23 bits per heavy atom. The van der Waals surface area contributed by atoms with Crippen LogP contribution in [0.25, 0.3) is 17.1 Å². The van der Waals surface area contributed by atoms with Crippen LogP contribution < -0.4 is 10.6 Å². The van der Waals surface area contributed by atoms with E-state index in [1.807, 2.05) is 63.4 Å². The van der Waals surface area contributed by atoms with Gasteiger partial charge in [0.25, 0.3) is 5.91 Å². The van der Waals surface area contributed by atoms with Gasteiger partial charge in [-0.15, -0.1) is 12.4 Å². The molecule has 0 aliphatic rings. The van der Waals surface area contributed by atoms with Crippen molar-refractivity contribution in [1.82, 2.24) is 20.4 Å². The summed E-state index contributed by atoms with van der Waals surface area (Å²) in [5.41, 5.74) is 1.91. The lowest BCUT2D eigenvalue weighted by atomic mass is 10.2. The molecule has 7 heteroatoms. The van der Waals surface area contributed by atoms with Crippen molar-refractivity contribution in [2.45, 2.75) is 19.9 Å². The van der Waals surface area contributed by atoms with Crippen molar-refractivity contribution in [3.05, 3.63) is 60.0 Å². The number of halogens is 1. The molecule has 2 aromatic heterocycles. The van der Waals surface area contributed by atoms with Crippen molar-refractivity contribution in [2.24, 2.45) is 0 Å². The Kier molecular flexibility index (Phi) is 6.60. The largest absolute Gasteiger partial charge is 0.460 e. The maximum Gasteiger partial charge on any atom is 0.255 e. The fraction of sp³-hybridized carbons (Fsp3) is 0.263. The number of hydrogen-bond donors (Lipinski definition) is 2. The lowest BCUT2D eigenvalue weighted by Crippen LogP contribution is -2.37. The molecular weight excluding hydrogens is 352 g/mol. The van der Waals surface area contributed by atoms with Crippen LogP contribution in [0.1, 0.15) is 23.0 Å². The third kappa shape index (κ3) is 4.33. The molecule has 0 saturated heterocycles. The molecule has 0 aliphatic carbocycles. The first-order valence-electron chi connectivity index (χ1n) is 8.26. The Morgan fingerprint density at radius 2 is 1.96 bits per heavy atom. The molecule has 6 nitrogen and oxygen atoms in total. The minimum Gasteiger partial charge on any atom is -0.460 e. The molecule has 0 aliphatic heterocycles. The molecule has 1 amide bonds. The lowest BCUT2D eigenvalue weighted by Gasteiger charge is -2.10. The number of rotatable bonds is 6. The van der Waals surface area contributed by atoms with Crippen LogP contribution in [-0.4, -0.2) is 35.3 Å². The van der Waals surface area contributed by atoms with Gasteiger partial charge in [0, 0.05) is 18.8 Å². The monoisotopic (exact) mass is 374 g/mol. The zero-order valence-electron chi connectivity index (χ0n) is 15.0. The summed E-state index contributed by atoms with van der Waals surface area (Å²) >= 11 is 0. The van der Waals surface area contributed by atoms with E-state index in [0.29, 0.717) is 23.6 Å². The van der Waals surface area contributed by atoms with Crippen LogP contribution in [0.2, 0.25) is 0 Å². The van der Waals surface area contributed by atoms with Crippen molar-refractivity contribution in [1.29, 1.82) is 0 Å². The predicted octanol–water partition coefficient (Wildman–Crippen LogP) is 3.20. The average Bonchev–Trinajstić information content (AvgIpc) is 3.26. The molecule has 3 rings (SSSR count). The van der Waals surface area contributed by atoms with Crippen LogP contribution in [0, 0.1) is 6.92 Å². The topological polar surface area (TPSA) is 72.1 Å². The zero-order chi connectivity index (χ0) is 17.8. The molecule has 0 radical (unpaired) electrons. The number of para-hydroxylation sites is 1. The van der Waals surface area contributed by atoms with E-state index in [4.69, 9.17) is 4.42 Å². The zero-order valence-corrected chi connectivity index (χ0v) is 15.8. The maximum atomic E-state index is 12.7. The number of nitrogens with one attached hydrogen (secondary N) is 2. The van der Waals surface area contributed by atoms with Crippen molar-refractivity contribution in [2.75, 3.05) is 13.6 Å². The van der Waals surface area contributed by atoms with Gasteiger partial charge in [0.05, 0.1) is 11.3 Å². The van der Waals surface area contributed by atoms with E-state index in [1.54, 1.807) is 10.9 Å². The summed E-state index contributed by atoms with van der Waals surface area (Å²) in [6.45, 7) is 4.40. The number of carbonyl (C=O) groups is 1. The summed E-state index contributed by atoms with van der Waals surface area (Å²) in [5, 5.41) is 10.6. The SMILES string of the molecule is CNC(C)CNC(=O)c1cn(-c2ccccc2)nc1-c1ccc(C)o1.Cl. The Bertz CT molecular complexity index is 858. The van der Waals surface area contributed by atoms with Gasteiger partial charge in [0.15, 0.2) is 5.76 Å². The smallest absolute Gasteiger partial charge is 0.255 e. The van der Waals surface area contributed by atoms with Gasteiger partial charge in [0.2, 0.25) is 0 Å². The Morgan fingerprint density at radius 3 is 2.58 bits per heavy atom. The van der Waals surface area contributed by atoms with Gasteiger partial charge in [-0.1, -0.05) is 18.2 Å². The minimum absolute atomic E-state index is 0. The maximum absolute atomic E-state index is 12.7. The van der Waals surface area contributed by atoms with Crippen LogP contribution in [0.4, 0.5) is 0 Å². The highest BCUT2D eigenvalue weighted by atomic mass is 35.5. The number of aryl methyl sites for hydroxylation is 1. The first-order valence-corrected chi connectivity index (χ1v) is 8.26. The second-order valence-corrected chi connectivity index (χ2v) is 5.98. The van der Waals surface area contributed by atoms with E-state index in [1.165, 1.54) is 0 Å². The number of furan rings is 1. The number of nitrogens with zero attached hydrogens (tertiary/aromatic N) is 2. The van der Waals surface area contributed by atoms with E-state index in [2.05, 4.69) is 15.7 Å². The average molecular weight is 375 g/mol. The van der Waals surface area contributed by atoms with Gasteiger partial charge in [0.1, 0.15) is 11.5 Å². The van der Waals surface area contributed by atoms with Crippen molar-refractivity contribution in [3.8, 4) is 17.1 Å². The van der Waals surface area contributed by atoms with Crippen molar-refractivity contribution in [3.63, 3.8) is 0 Å². The quantitative estimate of drug-likeness (QED) is 0.695. The highest BCUT2D eigenvalue weighted by Crippen LogP contribution is 2.25. The molecule has 0 fully saturated rings. The third-order valence-corrected chi connectivity index (χ3v) is 4.01. The number of likely N-dealkylation sites (N-methyl/N-ethyl adjacent to an activating group) is 1. The summed E-state index contributed by atoms with van der Waals surface area (Å²) in [5.74, 6) is 1.19. The summed E-state index contributed by atoms with van der Waals surface area (Å²) in [7, 11) is 1.86. The summed E-state index contributed by atoms with van der Waals surface area (Å²) in [6.07, 6.45) is 1.74. The van der Waals surface area contributed by atoms with Gasteiger partial charge < -0.3 is 15.1 Å². The lowest BCUT2D eigenvalue weighted by molar-refractivity contribution is 0.0951. The second-order valence-electron chi connectivity index (χ2n) is 5.98. The molecule has 1 aromatic carbocycles. The summed E-state index contributed by atoms with van der Waals surface area (Å²) < 4.78 is 7.39. The normalized spacial score (nSPS) is 11.7. The second kappa shape index (κ2) is 8.69. The van der Waals surface area contributed by atoms with Crippen LogP contribution in [0.5, 0.6) is 0 Å². The van der Waals surface area contributed by atoms with E-state index >= 15 is 0 Å². The Balaban J connectivity index is 0.00000243. The van der Waals surface area contributed by atoms with E-state index in [-0.39, 0.29) is 24.4 Å². The molecule has 0 spiro atoms. The van der Waals surface area contributed by atoms with Crippen molar-refractivity contribution >= 4 is 18.3 Å². The standard InChI is InChI=1S/C19H22N4O2.ClH/c1-13(20-3)11-21-19(24)16-12-23(15-7-5-4-6-8-15)22-18(16)17-10-9-14(2)25-17;/h4-10,12-13,20H,11H2,1-3H3,(H,21,24);1H. The Hall–Kier alpha value is -2.57. The molecule has 0 saturated carbocycles. The number of amides is 1. The first kappa shape index (κ1) is 19.8. The third-order valence-electron chi connectivity index (χ3n) is 4.01. The highest BCUT2D eigenvalue weighted by molar-refractivity contribution is 5.99. The summed E-state index contributed by atoms with van der Waals surface area (Å²) in [6, 6.07) is 13.6. The molecule has 0 bridgehead atoms. The highest BCUT2D eigenvalue weighted by Gasteiger charge is 2.21. The van der Waals surface area contributed by atoms with E-state index < -0.39 is 0 Å². The molecule has 1 unspecified atom stereocenters. The molecule has 138 valence electrons. The molecule has 2 heterocycles. The van der Waals surface area contributed by atoms with Gasteiger partial charge >= 0.3 is 0 Å². The van der Waals surface area contributed by atoms with Gasteiger partial charge in [-0.2, -0.15) is 5.10 Å². The molecule has 1 atom stereocenters. The predicted molar refractivity (Wildman–Crippen MR) is 104 cm³/mol.